The van der Waals surface area contributed by atoms with Gasteiger partial charge in [0.05, 0.1) is 5.56 Å². The molecule has 3 N–H and O–H groups in total. The Hall–Kier alpha value is -2.94. The topological polar surface area (TPSA) is 86.6 Å². The van der Waals surface area contributed by atoms with Gasteiger partial charge in [0.2, 0.25) is 0 Å². The number of aliphatic hydroxyl groups excluding tert-OH is 1. The number of alkyl halides is 3. The minimum absolute atomic E-state index is 0.0502. The van der Waals surface area contributed by atoms with E-state index in [1.807, 2.05) is 0 Å². The van der Waals surface area contributed by atoms with Crippen molar-refractivity contribution < 1.29 is 37.4 Å². The molecule has 9 heteroatoms. The van der Waals surface area contributed by atoms with Crippen LogP contribution < -0.4 is 5.32 Å². The van der Waals surface area contributed by atoms with Crippen LogP contribution in [-0.4, -0.2) is 28.1 Å². The van der Waals surface area contributed by atoms with Gasteiger partial charge in [0, 0.05) is 6.42 Å². The van der Waals surface area contributed by atoms with Crippen molar-refractivity contribution in [2.75, 3.05) is 0 Å². The van der Waals surface area contributed by atoms with Gasteiger partial charge in [-0.25, -0.2) is 9.18 Å². The molecule has 0 aliphatic heterocycles. The summed E-state index contributed by atoms with van der Waals surface area (Å²) in [5.41, 5.74) is -1.05. The third-order valence-corrected chi connectivity index (χ3v) is 3.80. The van der Waals surface area contributed by atoms with Crippen molar-refractivity contribution >= 4 is 11.9 Å². The van der Waals surface area contributed by atoms with Crippen molar-refractivity contribution in [3.05, 3.63) is 71.0 Å². The van der Waals surface area contributed by atoms with Gasteiger partial charge in [-0.3, -0.25) is 4.79 Å². The van der Waals surface area contributed by atoms with E-state index < -0.39 is 41.6 Å². The summed E-state index contributed by atoms with van der Waals surface area (Å²) in [6, 6.07) is 7.09. The summed E-state index contributed by atoms with van der Waals surface area (Å²) in [4.78, 5) is 23.4. The SMILES string of the molecule is O=C(O)[C@H](Cc1ccccc1F)NC(=O)[C@H](O)c1ccc(C(F)(F)F)cc1. The molecule has 0 heterocycles. The highest BCUT2D eigenvalue weighted by molar-refractivity contribution is 5.87. The van der Waals surface area contributed by atoms with E-state index in [1.54, 1.807) is 0 Å². The molecular weight excluding hydrogens is 370 g/mol. The van der Waals surface area contributed by atoms with E-state index in [4.69, 9.17) is 0 Å². The van der Waals surface area contributed by atoms with Crippen LogP contribution in [-0.2, 0) is 22.2 Å². The molecule has 0 saturated carbocycles. The molecule has 0 aliphatic carbocycles. The Bertz CT molecular complexity index is 821. The number of hydrogen-bond acceptors (Lipinski definition) is 3. The van der Waals surface area contributed by atoms with Crippen LogP contribution >= 0.6 is 0 Å². The van der Waals surface area contributed by atoms with Crippen molar-refractivity contribution in [1.29, 1.82) is 0 Å². The number of aliphatic carboxylic acids is 1. The molecule has 27 heavy (non-hydrogen) atoms. The molecule has 2 aromatic carbocycles. The van der Waals surface area contributed by atoms with Gasteiger partial charge in [-0.1, -0.05) is 30.3 Å². The first-order valence-electron chi connectivity index (χ1n) is 7.71. The van der Waals surface area contributed by atoms with E-state index >= 15 is 0 Å². The van der Waals surface area contributed by atoms with Crippen molar-refractivity contribution in [3.63, 3.8) is 0 Å². The zero-order valence-electron chi connectivity index (χ0n) is 13.7. The number of carbonyl (C=O) groups is 2. The summed E-state index contributed by atoms with van der Waals surface area (Å²) in [6.45, 7) is 0. The lowest BCUT2D eigenvalue weighted by molar-refractivity contribution is -0.143. The number of halogens is 4. The summed E-state index contributed by atoms with van der Waals surface area (Å²) >= 11 is 0. The fourth-order valence-corrected chi connectivity index (χ4v) is 2.34. The second kappa shape index (κ2) is 8.17. The zero-order chi connectivity index (χ0) is 20.2. The van der Waals surface area contributed by atoms with Gasteiger partial charge >= 0.3 is 12.1 Å². The van der Waals surface area contributed by atoms with Crippen LogP contribution in [0.3, 0.4) is 0 Å². The summed E-state index contributed by atoms with van der Waals surface area (Å²) in [7, 11) is 0. The molecule has 0 aromatic heterocycles. The highest BCUT2D eigenvalue weighted by Gasteiger charge is 2.31. The third-order valence-electron chi connectivity index (χ3n) is 3.80. The zero-order valence-corrected chi connectivity index (χ0v) is 13.7. The lowest BCUT2D eigenvalue weighted by atomic mass is 10.0. The van der Waals surface area contributed by atoms with Crippen LogP contribution in [0.15, 0.2) is 48.5 Å². The predicted molar refractivity (Wildman–Crippen MR) is 86.1 cm³/mol. The average molecular weight is 385 g/mol. The second-order valence-corrected chi connectivity index (χ2v) is 5.72. The molecule has 0 radical (unpaired) electrons. The van der Waals surface area contributed by atoms with Crippen LogP contribution in [0.4, 0.5) is 17.6 Å². The number of hydrogen-bond donors (Lipinski definition) is 3. The third kappa shape index (κ3) is 5.27. The average Bonchev–Trinajstić information content (AvgIpc) is 2.61. The Morgan fingerprint density at radius 2 is 1.63 bits per heavy atom. The minimum Gasteiger partial charge on any atom is -0.480 e. The van der Waals surface area contributed by atoms with E-state index in [-0.39, 0.29) is 17.5 Å². The van der Waals surface area contributed by atoms with Crippen LogP contribution in [0, 0.1) is 5.82 Å². The van der Waals surface area contributed by atoms with Gasteiger partial charge in [-0.05, 0) is 29.3 Å². The van der Waals surface area contributed by atoms with Crippen LogP contribution in [0.1, 0.15) is 22.8 Å². The second-order valence-electron chi connectivity index (χ2n) is 5.72. The Kier molecular flexibility index (Phi) is 6.17. The van der Waals surface area contributed by atoms with E-state index in [0.717, 1.165) is 18.2 Å². The molecule has 0 spiro atoms. The molecule has 0 bridgehead atoms. The van der Waals surface area contributed by atoms with E-state index in [2.05, 4.69) is 5.32 Å². The number of rotatable bonds is 6. The van der Waals surface area contributed by atoms with E-state index in [1.165, 1.54) is 18.2 Å². The Morgan fingerprint density at radius 1 is 1.04 bits per heavy atom. The van der Waals surface area contributed by atoms with Gasteiger partial charge in [0.1, 0.15) is 11.9 Å². The molecule has 1 amide bonds. The fourth-order valence-electron chi connectivity index (χ4n) is 2.34. The molecule has 0 fully saturated rings. The normalized spacial score (nSPS) is 13.7. The fraction of sp³-hybridized carbons (Fsp3) is 0.222. The number of amides is 1. The Labute approximate surface area is 151 Å². The minimum atomic E-state index is -4.57. The summed E-state index contributed by atoms with van der Waals surface area (Å²) in [6.07, 6.45) is -6.82. The number of aliphatic hydroxyl groups is 1. The Balaban J connectivity index is 2.10. The Morgan fingerprint density at radius 3 is 2.15 bits per heavy atom. The number of carboxylic acid groups (broad SMARTS) is 1. The number of carboxylic acids is 1. The standard InChI is InChI=1S/C18H15F4NO4/c19-13-4-2-1-3-11(13)9-14(17(26)27)23-16(25)15(24)10-5-7-12(8-6-10)18(20,21)22/h1-8,14-15,24H,9H2,(H,23,25)(H,26,27)/t14-,15+/m0/s1. The van der Waals surface area contributed by atoms with Crippen molar-refractivity contribution in [2.45, 2.75) is 24.7 Å². The maximum atomic E-state index is 13.7. The molecule has 144 valence electrons. The first-order valence-corrected chi connectivity index (χ1v) is 7.71. The number of nitrogens with one attached hydrogen (secondary N) is 1. The maximum absolute atomic E-state index is 13.7. The smallest absolute Gasteiger partial charge is 0.416 e. The van der Waals surface area contributed by atoms with Crippen LogP contribution in [0.25, 0.3) is 0 Å². The van der Waals surface area contributed by atoms with Crippen molar-refractivity contribution in [3.8, 4) is 0 Å². The van der Waals surface area contributed by atoms with E-state index in [9.17, 15) is 37.4 Å². The molecular formula is C18H15F4NO4. The van der Waals surface area contributed by atoms with Crippen LogP contribution in [0.2, 0.25) is 0 Å². The van der Waals surface area contributed by atoms with E-state index in [0.29, 0.717) is 12.1 Å². The lowest BCUT2D eigenvalue weighted by Crippen LogP contribution is -2.44. The highest BCUT2D eigenvalue weighted by atomic mass is 19.4. The molecule has 5 nitrogen and oxygen atoms in total. The lowest BCUT2D eigenvalue weighted by Gasteiger charge is -2.18. The molecule has 0 unspecified atom stereocenters. The summed E-state index contributed by atoms with van der Waals surface area (Å²) in [5, 5.41) is 21.2. The first-order chi connectivity index (χ1) is 12.6. The molecule has 2 atom stereocenters. The molecule has 2 rings (SSSR count). The quantitative estimate of drug-likeness (QED) is 0.668. The molecule has 0 aliphatic rings. The molecule has 0 saturated heterocycles. The summed E-state index contributed by atoms with van der Waals surface area (Å²) < 4.78 is 51.3. The van der Waals surface area contributed by atoms with Gasteiger partial charge < -0.3 is 15.5 Å². The van der Waals surface area contributed by atoms with Crippen LogP contribution in [0.5, 0.6) is 0 Å². The van der Waals surface area contributed by atoms with Crippen molar-refractivity contribution in [1.82, 2.24) is 5.32 Å². The van der Waals surface area contributed by atoms with Gasteiger partial charge in [-0.15, -0.1) is 0 Å². The van der Waals surface area contributed by atoms with Gasteiger partial charge in [0.15, 0.2) is 6.10 Å². The number of benzene rings is 2. The van der Waals surface area contributed by atoms with Gasteiger partial charge in [0.25, 0.3) is 5.91 Å². The largest absolute Gasteiger partial charge is 0.480 e. The van der Waals surface area contributed by atoms with Gasteiger partial charge in [-0.2, -0.15) is 13.2 Å². The maximum Gasteiger partial charge on any atom is 0.416 e. The summed E-state index contributed by atoms with van der Waals surface area (Å²) in [5.74, 6) is -3.23. The molecule has 2 aromatic rings. The first kappa shape index (κ1) is 20.4. The monoisotopic (exact) mass is 385 g/mol. The predicted octanol–water partition coefficient (Wildman–Crippen LogP) is 2.69. The van der Waals surface area contributed by atoms with Crippen molar-refractivity contribution in [2.24, 2.45) is 0 Å². The number of carbonyl (C=O) groups excluding carboxylic acids is 1. The highest BCUT2D eigenvalue weighted by Crippen LogP contribution is 2.30.